The van der Waals surface area contributed by atoms with Crippen molar-refractivity contribution in [1.82, 2.24) is 5.32 Å². The van der Waals surface area contributed by atoms with Crippen LogP contribution in [0.2, 0.25) is 0 Å². The fraction of sp³-hybridized carbons (Fsp3) is 0.333. The average Bonchev–Trinajstić information content (AvgIpc) is 3.00. The van der Waals surface area contributed by atoms with Crippen LogP contribution in [0.25, 0.3) is 0 Å². The number of thioether (sulfide) groups is 1. The Hall–Kier alpha value is -2.09. The van der Waals surface area contributed by atoms with Gasteiger partial charge in [0.05, 0.1) is 24.3 Å². The molecule has 1 saturated heterocycles. The van der Waals surface area contributed by atoms with E-state index in [2.05, 4.69) is 15.5 Å². The van der Waals surface area contributed by atoms with E-state index in [0.29, 0.717) is 17.3 Å². The van der Waals surface area contributed by atoms with Crippen molar-refractivity contribution in [3.05, 3.63) is 24.2 Å². The van der Waals surface area contributed by atoms with Crippen molar-refractivity contribution in [2.75, 3.05) is 6.61 Å². The van der Waals surface area contributed by atoms with E-state index < -0.39 is 0 Å². The van der Waals surface area contributed by atoms with Gasteiger partial charge in [0.2, 0.25) is 5.91 Å². The highest BCUT2D eigenvalue weighted by Gasteiger charge is 2.30. The number of carbonyl (C=O) groups excluding carboxylic acids is 2. The van der Waals surface area contributed by atoms with Crippen LogP contribution in [0.3, 0.4) is 0 Å². The Morgan fingerprint density at radius 2 is 2.50 bits per heavy atom. The molecule has 2 rings (SSSR count). The number of hydrogen-bond acceptors (Lipinski definition) is 7. The zero-order chi connectivity index (χ0) is 14.4. The summed E-state index contributed by atoms with van der Waals surface area (Å²) in [5.74, 6) is 0.0644. The van der Waals surface area contributed by atoms with Gasteiger partial charge in [-0.05, 0) is 12.1 Å². The van der Waals surface area contributed by atoms with E-state index in [1.165, 1.54) is 31.2 Å². The lowest BCUT2D eigenvalue weighted by Gasteiger charge is -2.04. The Bertz CT molecular complexity index is 539. The molecule has 0 aliphatic carbocycles. The molecule has 0 saturated carbocycles. The monoisotopic (exact) mass is 295 g/mol. The van der Waals surface area contributed by atoms with Crippen LogP contribution in [0, 0.1) is 0 Å². The van der Waals surface area contributed by atoms with Gasteiger partial charge >= 0.3 is 5.97 Å². The van der Waals surface area contributed by atoms with E-state index >= 15 is 0 Å². The molecule has 20 heavy (non-hydrogen) atoms. The molecule has 1 aromatic rings. The Morgan fingerprint density at radius 1 is 1.65 bits per heavy atom. The largest absolute Gasteiger partial charge is 0.466 e. The summed E-state index contributed by atoms with van der Waals surface area (Å²) in [7, 11) is 0. The zero-order valence-corrected chi connectivity index (χ0v) is 11.6. The number of amidine groups is 1. The van der Waals surface area contributed by atoms with Crippen LogP contribution in [0.15, 0.2) is 33.0 Å². The summed E-state index contributed by atoms with van der Waals surface area (Å²) in [4.78, 5) is 22.3. The summed E-state index contributed by atoms with van der Waals surface area (Å²) in [6.45, 7) is 1.54. The third-order valence-electron chi connectivity index (χ3n) is 2.34. The number of nitrogens with zero attached hydrogens (tertiary/aromatic N) is 2. The van der Waals surface area contributed by atoms with Crippen molar-refractivity contribution in [1.29, 1.82) is 0 Å². The van der Waals surface area contributed by atoms with E-state index in [0.717, 1.165) is 0 Å². The van der Waals surface area contributed by atoms with Crippen molar-refractivity contribution in [3.8, 4) is 0 Å². The topological polar surface area (TPSA) is 93.3 Å². The van der Waals surface area contributed by atoms with Gasteiger partial charge in [0.1, 0.15) is 5.76 Å². The zero-order valence-electron chi connectivity index (χ0n) is 10.7. The lowest BCUT2D eigenvalue weighted by Crippen LogP contribution is -2.25. The average molecular weight is 295 g/mol. The summed E-state index contributed by atoms with van der Waals surface area (Å²) in [6.07, 6.45) is 3.43. The number of furan rings is 1. The van der Waals surface area contributed by atoms with Gasteiger partial charge in [-0.15, -0.1) is 5.10 Å². The Kier molecular flexibility index (Phi) is 4.94. The fourth-order valence-corrected chi connectivity index (χ4v) is 2.36. The highest BCUT2D eigenvalue weighted by molar-refractivity contribution is 8.15. The first kappa shape index (κ1) is 14.3. The first-order valence-corrected chi connectivity index (χ1v) is 6.78. The molecule has 0 spiro atoms. The number of esters is 1. The van der Waals surface area contributed by atoms with Crippen molar-refractivity contribution in [2.45, 2.75) is 18.6 Å². The summed E-state index contributed by atoms with van der Waals surface area (Å²) < 4.78 is 9.86. The Morgan fingerprint density at radius 3 is 3.20 bits per heavy atom. The molecule has 7 nitrogen and oxygen atoms in total. The highest BCUT2D eigenvalue weighted by atomic mass is 32.2. The SMILES string of the molecule is CC(=O)OCC[C@@H]1S/C(=N\N=C/c2ccco2)NC1=O. The second kappa shape index (κ2) is 6.90. The van der Waals surface area contributed by atoms with Gasteiger partial charge in [-0.3, -0.25) is 9.59 Å². The minimum atomic E-state index is -0.356. The summed E-state index contributed by atoms with van der Waals surface area (Å²) >= 11 is 1.26. The van der Waals surface area contributed by atoms with E-state index in [4.69, 9.17) is 9.15 Å². The molecular formula is C12H13N3O4S. The van der Waals surface area contributed by atoms with Crippen LogP contribution < -0.4 is 5.32 Å². The third-order valence-corrected chi connectivity index (χ3v) is 3.48. The smallest absolute Gasteiger partial charge is 0.302 e. The maximum atomic E-state index is 11.6. The second-order valence-electron chi connectivity index (χ2n) is 3.89. The van der Waals surface area contributed by atoms with E-state index in [-0.39, 0.29) is 23.7 Å². The predicted molar refractivity (Wildman–Crippen MR) is 74.5 cm³/mol. The lowest BCUT2D eigenvalue weighted by atomic mass is 10.3. The van der Waals surface area contributed by atoms with Crippen LogP contribution in [-0.2, 0) is 14.3 Å². The van der Waals surface area contributed by atoms with Crippen molar-refractivity contribution in [3.63, 3.8) is 0 Å². The van der Waals surface area contributed by atoms with Gasteiger partial charge in [-0.2, -0.15) is 5.10 Å². The molecule has 0 unspecified atom stereocenters. The van der Waals surface area contributed by atoms with E-state index in [1.807, 2.05) is 0 Å². The molecule has 2 heterocycles. The van der Waals surface area contributed by atoms with Crippen LogP contribution in [0.5, 0.6) is 0 Å². The molecule has 0 aromatic carbocycles. The van der Waals surface area contributed by atoms with E-state index in [1.54, 1.807) is 12.1 Å². The third kappa shape index (κ3) is 4.23. The minimum Gasteiger partial charge on any atom is -0.466 e. The van der Waals surface area contributed by atoms with Crippen molar-refractivity contribution < 1.29 is 18.7 Å². The summed E-state index contributed by atoms with van der Waals surface area (Å²) in [6, 6.07) is 3.48. The minimum absolute atomic E-state index is 0.158. The van der Waals surface area contributed by atoms with Crippen LogP contribution in [-0.4, -0.2) is 35.1 Å². The lowest BCUT2D eigenvalue weighted by molar-refractivity contribution is -0.141. The number of amides is 1. The standard InChI is InChI=1S/C12H13N3O4S/c1-8(16)18-6-4-10-11(17)14-12(20-10)15-13-7-9-3-2-5-19-9/h2-3,5,7,10H,4,6H2,1H3,(H,14,15,17)/b13-7-/t10-/m0/s1. The number of hydrogen-bond donors (Lipinski definition) is 1. The van der Waals surface area contributed by atoms with E-state index in [9.17, 15) is 9.59 Å². The van der Waals surface area contributed by atoms with Crippen LogP contribution in [0.1, 0.15) is 19.1 Å². The van der Waals surface area contributed by atoms with Gasteiger partial charge in [-0.1, -0.05) is 11.8 Å². The van der Waals surface area contributed by atoms with Crippen LogP contribution in [0.4, 0.5) is 0 Å². The van der Waals surface area contributed by atoms with Gasteiger partial charge in [-0.25, -0.2) is 0 Å². The number of ether oxygens (including phenoxy) is 1. The normalized spacial score (nSPS) is 20.6. The maximum absolute atomic E-state index is 11.6. The molecule has 1 amide bonds. The molecule has 1 atom stereocenters. The molecule has 8 heteroatoms. The molecular weight excluding hydrogens is 282 g/mol. The Balaban J connectivity index is 1.83. The number of nitrogens with one attached hydrogen (secondary N) is 1. The fourth-order valence-electron chi connectivity index (χ4n) is 1.45. The van der Waals surface area contributed by atoms with Crippen molar-refractivity contribution in [2.24, 2.45) is 10.2 Å². The Labute approximate surface area is 119 Å². The van der Waals surface area contributed by atoms with Gasteiger partial charge in [0.15, 0.2) is 5.17 Å². The molecule has 1 fully saturated rings. The molecule has 0 radical (unpaired) electrons. The second-order valence-corrected chi connectivity index (χ2v) is 5.08. The first-order valence-electron chi connectivity index (χ1n) is 5.90. The molecule has 106 valence electrons. The van der Waals surface area contributed by atoms with Gasteiger partial charge in [0.25, 0.3) is 0 Å². The van der Waals surface area contributed by atoms with Crippen LogP contribution >= 0.6 is 11.8 Å². The van der Waals surface area contributed by atoms with Crippen molar-refractivity contribution >= 4 is 35.0 Å². The molecule has 1 aromatic heterocycles. The van der Waals surface area contributed by atoms with Gasteiger partial charge < -0.3 is 14.5 Å². The van der Waals surface area contributed by atoms with Gasteiger partial charge in [0, 0.05) is 13.3 Å². The number of carbonyl (C=O) groups is 2. The number of rotatable bonds is 5. The predicted octanol–water partition coefficient (Wildman–Crippen LogP) is 1.15. The highest BCUT2D eigenvalue weighted by Crippen LogP contribution is 2.22. The quantitative estimate of drug-likeness (QED) is 0.500. The summed E-state index contributed by atoms with van der Waals surface area (Å²) in [5, 5.41) is 10.4. The molecule has 1 N–H and O–H groups in total. The summed E-state index contributed by atoms with van der Waals surface area (Å²) in [5.41, 5.74) is 0. The molecule has 0 bridgehead atoms. The maximum Gasteiger partial charge on any atom is 0.302 e. The molecule has 1 aliphatic heterocycles. The molecule has 1 aliphatic rings. The first-order chi connectivity index (χ1) is 9.65.